The van der Waals surface area contributed by atoms with Crippen LogP contribution in [-0.2, 0) is 16.2 Å². The summed E-state index contributed by atoms with van der Waals surface area (Å²) in [5.74, 6) is 0.110. The monoisotopic (exact) mass is 443 g/mol. The molecule has 1 aliphatic heterocycles. The summed E-state index contributed by atoms with van der Waals surface area (Å²) in [5.41, 5.74) is 2.90. The lowest BCUT2D eigenvalue weighted by molar-refractivity contribution is -0.117. The zero-order valence-corrected chi connectivity index (χ0v) is 18.1. The molecule has 168 valence electrons. The van der Waals surface area contributed by atoms with Crippen molar-refractivity contribution in [1.29, 1.82) is 0 Å². The minimum Gasteiger partial charge on any atom is -0.489 e. The van der Waals surface area contributed by atoms with Crippen molar-refractivity contribution in [1.82, 2.24) is 5.32 Å². The standard InChI is InChI=1S/C26H25N3O4/c30-24(28-21-10-14-23(15-11-21)33-18-19-5-2-1-3-6-19)17-27-26(32)20-8-12-22(13-9-20)29-16-4-7-25(29)31/h1-3,5-6,8-15H,4,7,16-18H2,(H,27,32)(H,28,30). The zero-order valence-electron chi connectivity index (χ0n) is 18.1. The highest BCUT2D eigenvalue weighted by molar-refractivity contribution is 6.00. The molecule has 0 atom stereocenters. The van der Waals surface area contributed by atoms with E-state index in [9.17, 15) is 14.4 Å². The fourth-order valence-corrected chi connectivity index (χ4v) is 3.56. The number of rotatable bonds is 8. The number of ether oxygens (including phenoxy) is 1. The highest BCUT2D eigenvalue weighted by atomic mass is 16.5. The van der Waals surface area contributed by atoms with Crippen LogP contribution in [0.2, 0.25) is 0 Å². The van der Waals surface area contributed by atoms with Gasteiger partial charge in [0.05, 0.1) is 6.54 Å². The van der Waals surface area contributed by atoms with Crippen LogP contribution in [0.5, 0.6) is 5.75 Å². The van der Waals surface area contributed by atoms with E-state index in [0.717, 1.165) is 17.7 Å². The molecule has 1 aliphatic rings. The lowest BCUT2D eigenvalue weighted by Gasteiger charge is -2.15. The third kappa shape index (κ3) is 5.98. The average Bonchev–Trinajstić information content (AvgIpc) is 3.28. The maximum absolute atomic E-state index is 12.3. The Morgan fingerprint density at radius 2 is 1.64 bits per heavy atom. The van der Waals surface area contributed by atoms with Crippen LogP contribution in [0.15, 0.2) is 78.9 Å². The average molecular weight is 444 g/mol. The van der Waals surface area contributed by atoms with Crippen molar-refractivity contribution in [3.8, 4) is 5.75 Å². The molecule has 7 heteroatoms. The molecular weight excluding hydrogens is 418 g/mol. The molecule has 3 amide bonds. The van der Waals surface area contributed by atoms with Gasteiger partial charge in [0.15, 0.2) is 0 Å². The number of nitrogens with one attached hydrogen (secondary N) is 2. The van der Waals surface area contributed by atoms with Crippen molar-refractivity contribution in [2.24, 2.45) is 0 Å². The Kier molecular flexibility index (Phi) is 6.99. The second-order valence-electron chi connectivity index (χ2n) is 7.73. The number of carbonyl (C=O) groups is 3. The van der Waals surface area contributed by atoms with Gasteiger partial charge in [0.25, 0.3) is 5.91 Å². The molecule has 1 saturated heterocycles. The topological polar surface area (TPSA) is 87.7 Å². The Morgan fingerprint density at radius 1 is 0.909 bits per heavy atom. The van der Waals surface area contributed by atoms with Gasteiger partial charge in [-0.2, -0.15) is 0 Å². The Bertz CT molecular complexity index is 1110. The molecule has 7 nitrogen and oxygen atoms in total. The van der Waals surface area contributed by atoms with Gasteiger partial charge in [-0.3, -0.25) is 14.4 Å². The Hall–Kier alpha value is -4.13. The summed E-state index contributed by atoms with van der Waals surface area (Å²) < 4.78 is 5.74. The molecule has 3 aromatic carbocycles. The van der Waals surface area contributed by atoms with E-state index in [4.69, 9.17) is 4.74 Å². The molecule has 0 saturated carbocycles. The summed E-state index contributed by atoms with van der Waals surface area (Å²) in [7, 11) is 0. The van der Waals surface area contributed by atoms with Gasteiger partial charge in [0, 0.05) is 29.9 Å². The molecule has 0 unspecified atom stereocenters. The van der Waals surface area contributed by atoms with Gasteiger partial charge in [-0.25, -0.2) is 0 Å². The van der Waals surface area contributed by atoms with Gasteiger partial charge in [-0.1, -0.05) is 30.3 Å². The summed E-state index contributed by atoms with van der Waals surface area (Å²) in [6, 6.07) is 23.7. The molecule has 3 aromatic rings. The quantitative estimate of drug-likeness (QED) is 0.555. The first-order valence-corrected chi connectivity index (χ1v) is 10.8. The van der Waals surface area contributed by atoms with Crippen molar-refractivity contribution in [2.75, 3.05) is 23.3 Å². The smallest absolute Gasteiger partial charge is 0.251 e. The fourth-order valence-electron chi connectivity index (χ4n) is 3.56. The van der Waals surface area contributed by atoms with Crippen molar-refractivity contribution < 1.29 is 19.1 Å². The van der Waals surface area contributed by atoms with Crippen LogP contribution in [0, 0.1) is 0 Å². The molecule has 0 spiro atoms. The molecule has 33 heavy (non-hydrogen) atoms. The van der Waals surface area contributed by atoms with Crippen molar-refractivity contribution in [2.45, 2.75) is 19.4 Å². The number of anilines is 2. The van der Waals surface area contributed by atoms with E-state index in [2.05, 4.69) is 10.6 Å². The molecule has 4 rings (SSSR count). The molecule has 2 N–H and O–H groups in total. The second-order valence-corrected chi connectivity index (χ2v) is 7.73. The van der Waals surface area contributed by atoms with Crippen molar-refractivity contribution >= 4 is 29.1 Å². The predicted molar refractivity (Wildman–Crippen MR) is 126 cm³/mol. The maximum atomic E-state index is 12.3. The molecule has 0 aromatic heterocycles. The van der Waals surface area contributed by atoms with Gasteiger partial charge >= 0.3 is 0 Å². The lowest BCUT2D eigenvalue weighted by Crippen LogP contribution is -2.32. The third-order valence-corrected chi connectivity index (χ3v) is 5.31. The minimum absolute atomic E-state index is 0.0969. The van der Waals surface area contributed by atoms with Gasteiger partial charge < -0.3 is 20.3 Å². The van der Waals surface area contributed by atoms with Gasteiger partial charge in [-0.05, 0) is 60.5 Å². The number of hydrogen-bond acceptors (Lipinski definition) is 4. The van der Waals surface area contributed by atoms with Crippen molar-refractivity contribution in [3.05, 3.63) is 90.0 Å². The number of benzene rings is 3. The minimum atomic E-state index is -0.353. The molecule has 0 aliphatic carbocycles. The first-order valence-electron chi connectivity index (χ1n) is 10.8. The lowest BCUT2D eigenvalue weighted by atomic mass is 10.2. The van der Waals surface area contributed by atoms with E-state index in [1.165, 1.54) is 0 Å². The van der Waals surface area contributed by atoms with Crippen LogP contribution in [-0.4, -0.2) is 30.8 Å². The molecule has 0 bridgehead atoms. The summed E-state index contributed by atoms with van der Waals surface area (Å²) in [6.45, 7) is 1.01. The molecular formula is C26H25N3O4. The Balaban J connectivity index is 1.22. The predicted octanol–water partition coefficient (Wildman–Crippen LogP) is 3.76. The zero-order chi connectivity index (χ0) is 23.0. The van der Waals surface area contributed by atoms with Crippen LogP contribution >= 0.6 is 0 Å². The SMILES string of the molecule is O=C(CNC(=O)c1ccc(N2CCCC2=O)cc1)Nc1ccc(OCc2ccccc2)cc1. The summed E-state index contributed by atoms with van der Waals surface area (Å²) in [6.07, 6.45) is 1.40. The summed E-state index contributed by atoms with van der Waals surface area (Å²) >= 11 is 0. The van der Waals surface area contributed by atoms with Crippen LogP contribution in [0.1, 0.15) is 28.8 Å². The van der Waals surface area contributed by atoms with E-state index in [1.54, 1.807) is 53.4 Å². The molecule has 1 fully saturated rings. The van der Waals surface area contributed by atoms with Crippen LogP contribution in [0.4, 0.5) is 11.4 Å². The maximum Gasteiger partial charge on any atom is 0.251 e. The summed E-state index contributed by atoms with van der Waals surface area (Å²) in [4.78, 5) is 38.1. The first kappa shape index (κ1) is 22.1. The largest absolute Gasteiger partial charge is 0.489 e. The van der Waals surface area contributed by atoms with Crippen LogP contribution in [0.25, 0.3) is 0 Å². The van der Waals surface area contributed by atoms with E-state index < -0.39 is 0 Å². The molecule has 1 heterocycles. The van der Waals surface area contributed by atoms with E-state index >= 15 is 0 Å². The van der Waals surface area contributed by atoms with Crippen LogP contribution in [0.3, 0.4) is 0 Å². The highest BCUT2D eigenvalue weighted by Crippen LogP contribution is 2.21. The van der Waals surface area contributed by atoms with E-state index in [-0.39, 0.29) is 24.3 Å². The molecule has 0 radical (unpaired) electrons. The van der Waals surface area contributed by atoms with Crippen molar-refractivity contribution in [3.63, 3.8) is 0 Å². The second kappa shape index (κ2) is 10.5. The Morgan fingerprint density at radius 3 is 2.30 bits per heavy atom. The van der Waals surface area contributed by atoms with Gasteiger partial charge in [0.1, 0.15) is 12.4 Å². The number of carbonyl (C=O) groups excluding carboxylic acids is 3. The summed E-state index contributed by atoms with van der Waals surface area (Å²) in [5, 5.41) is 5.36. The van der Waals surface area contributed by atoms with E-state index in [0.29, 0.717) is 36.6 Å². The Labute approximate surface area is 192 Å². The fraction of sp³-hybridized carbons (Fsp3) is 0.192. The van der Waals surface area contributed by atoms with Crippen LogP contribution < -0.4 is 20.3 Å². The normalized spacial score (nSPS) is 13.0. The number of nitrogens with zero attached hydrogens (tertiary/aromatic N) is 1. The first-order chi connectivity index (χ1) is 16.1. The van der Waals surface area contributed by atoms with Gasteiger partial charge in [0.2, 0.25) is 11.8 Å². The number of amides is 3. The highest BCUT2D eigenvalue weighted by Gasteiger charge is 2.21. The number of hydrogen-bond donors (Lipinski definition) is 2. The van der Waals surface area contributed by atoms with Gasteiger partial charge in [-0.15, -0.1) is 0 Å². The third-order valence-electron chi connectivity index (χ3n) is 5.31. The van der Waals surface area contributed by atoms with E-state index in [1.807, 2.05) is 30.3 Å².